The maximum absolute atomic E-state index is 12.4. The molecule has 3 aromatic carbocycles. The van der Waals surface area contributed by atoms with Crippen LogP contribution in [0.1, 0.15) is 10.4 Å². The monoisotopic (exact) mass is 332 g/mol. The molecule has 0 saturated carbocycles. The SMILES string of the molecule is COc1cc(NC(=O)c2ccccc2)cc(N(C)c2ccccc2)c1. The molecule has 0 radical (unpaired) electrons. The Morgan fingerprint density at radius 2 is 1.52 bits per heavy atom. The number of nitrogens with one attached hydrogen (secondary N) is 1. The van der Waals surface area contributed by atoms with E-state index < -0.39 is 0 Å². The molecular weight excluding hydrogens is 312 g/mol. The van der Waals surface area contributed by atoms with Gasteiger partial charge in [0.1, 0.15) is 5.75 Å². The third-order valence-corrected chi connectivity index (χ3v) is 3.95. The molecule has 0 aliphatic rings. The molecule has 1 amide bonds. The summed E-state index contributed by atoms with van der Waals surface area (Å²) >= 11 is 0. The van der Waals surface area contributed by atoms with Gasteiger partial charge in [-0.25, -0.2) is 0 Å². The molecule has 4 heteroatoms. The quantitative estimate of drug-likeness (QED) is 0.735. The van der Waals surface area contributed by atoms with Crippen LogP contribution < -0.4 is 15.0 Å². The third kappa shape index (κ3) is 3.98. The molecule has 0 unspecified atom stereocenters. The standard InChI is InChI=1S/C21H20N2O2/c1-23(18-11-7-4-8-12-18)19-13-17(14-20(15-19)25-2)22-21(24)16-9-5-3-6-10-16/h3-15H,1-2H3,(H,22,24). The van der Waals surface area contributed by atoms with Crippen LogP contribution in [-0.4, -0.2) is 20.1 Å². The zero-order chi connectivity index (χ0) is 17.6. The number of para-hydroxylation sites is 1. The fourth-order valence-corrected chi connectivity index (χ4v) is 2.56. The molecule has 126 valence electrons. The molecule has 0 spiro atoms. The molecule has 0 bridgehead atoms. The van der Waals surface area contributed by atoms with E-state index in [2.05, 4.69) is 5.32 Å². The minimum atomic E-state index is -0.151. The Morgan fingerprint density at radius 3 is 2.16 bits per heavy atom. The second kappa shape index (κ2) is 7.53. The highest BCUT2D eigenvalue weighted by Crippen LogP contribution is 2.30. The first kappa shape index (κ1) is 16.6. The van der Waals surface area contributed by atoms with Gasteiger partial charge in [-0.15, -0.1) is 0 Å². The number of hydrogen-bond acceptors (Lipinski definition) is 3. The molecule has 25 heavy (non-hydrogen) atoms. The topological polar surface area (TPSA) is 41.6 Å². The fraction of sp³-hybridized carbons (Fsp3) is 0.0952. The average Bonchev–Trinajstić information content (AvgIpc) is 2.68. The summed E-state index contributed by atoms with van der Waals surface area (Å²) in [5.41, 5.74) is 3.28. The van der Waals surface area contributed by atoms with Crippen molar-refractivity contribution in [1.82, 2.24) is 0 Å². The average molecular weight is 332 g/mol. The first-order valence-corrected chi connectivity index (χ1v) is 8.01. The van der Waals surface area contributed by atoms with Crippen LogP contribution in [-0.2, 0) is 0 Å². The minimum Gasteiger partial charge on any atom is -0.497 e. The Labute approximate surface area is 147 Å². The number of methoxy groups -OCH3 is 1. The largest absolute Gasteiger partial charge is 0.497 e. The number of ether oxygens (including phenoxy) is 1. The van der Waals surface area contributed by atoms with E-state index >= 15 is 0 Å². The highest BCUT2D eigenvalue weighted by atomic mass is 16.5. The summed E-state index contributed by atoms with van der Waals surface area (Å²) in [5, 5.41) is 2.93. The van der Waals surface area contributed by atoms with Gasteiger partial charge < -0.3 is 15.0 Å². The van der Waals surface area contributed by atoms with Crippen LogP contribution >= 0.6 is 0 Å². The third-order valence-electron chi connectivity index (χ3n) is 3.95. The van der Waals surface area contributed by atoms with Crippen molar-refractivity contribution < 1.29 is 9.53 Å². The van der Waals surface area contributed by atoms with E-state index in [0.717, 1.165) is 11.4 Å². The molecule has 0 aliphatic heterocycles. The summed E-state index contributed by atoms with van der Waals surface area (Å²) in [6.45, 7) is 0. The molecule has 4 nitrogen and oxygen atoms in total. The van der Waals surface area contributed by atoms with E-state index in [1.165, 1.54) is 0 Å². The van der Waals surface area contributed by atoms with E-state index in [9.17, 15) is 4.79 Å². The van der Waals surface area contributed by atoms with Gasteiger partial charge in [0.25, 0.3) is 5.91 Å². The predicted molar refractivity (Wildman–Crippen MR) is 102 cm³/mol. The number of rotatable bonds is 5. The van der Waals surface area contributed by atoms with Crippen LogP contribution in [0.5, 0.6) is 5.75 Å². The molecule has 3 aromatic rings. The first-order valence-electron chi connectivity index (χ1n) is 8.01. The molecule has 0 fully saturated rings. The van der Waals surface area contributed by atoms with Crippen molar-refractivity contribution in [2.24, 2.45) is 0 Å². The van der Waals surface area contributed by atoms with Crippen molar-refractivity contribution in [2.75, 3.05) is 24.4 Å². The molecule has 0 saturated heterocycles. The predicted octanol–water partition coefficient (Wildman–Crippen LogP) is 4.72. The lowest BCUT2D eigenvalue weighted by molar-refractivity contribution is 0.102. The smallest absolute Gasteiger partial charge is 0.255 e. The molecule has 0 atom stereocenters. The highest BCUT2D eigenvalue weighted by Gasteiger charge is 2.10. The molecule has 3 rings (SSSR count). The Balaban J connectivity index is 1.89. The number of nitrogens with zero attached hydrogens (tertiary/aromatic N) is 1. The number of carbonyl (C=O) groups is 1. The number of amides is 1. The van der Waals surface area contributed by atoms with Gasteiger partial charge in [-0.1, -0.05) is 36.4 Å². The second-order valence-corrected chi connectivity index (χ2v) is 5.63. The Hall–Kier alpha value is -3.27. The molecule has 1 N–H and O–H groups in total. The maximum Gasteiger partial charge on any atom is 0.255 e. The number of benzene rings is 3. The van der Waals surface area contributed by atoms with E-state index in [0.29, 0.717) is 17.0 Å². The van der Waals surface area contributed by atoms with Gasteiger partial charge in [0.05, 0.1) is 7.11 Å². The summed E-state index contributed by atoms with van der Waals surface area (Å²) in [4.78, 5) is 14.4. The van der Waals surface area contributed by atoms with Crippen molar-refractivity contribution >= 4 is 23.0 Å². The summed E-state index contributed by atoms with van der Waals surface area (Å²) in [7, 11) is 3.59. The fourth-order valence-electron chi connectivity index (χ4n) is 2.56. The second-order valence-electron chi connectivity index (χ2n) is 5.63. The number of hydrogen-bond donors (Lipinski definition) is 1. The van der Waals surface area contributed by atoms with Gasteiger partial charge in [-0.3, -0.25) is 4.79 Å². The van der Waals surface area contributed by atoms with E-state index in [1.807, 2.05) is 78.7 Å². The van der Waals surface area contributed by atoms with Crippen LogP contribution in [0.25, 0.3) is 0 Å². The zero-order valence-corrected chi connectivity index (χ0v) is 14.3. The van der Waals surface area contributed by atoms with Crippen LogP contribution in [0.3, 0.4) is 0 Å². The van der Waals surface area contributed by atoms with Gasteiger partial charge in [0.2, 0.25) is 0 Å². The summed E-state index contributed by atoms with van der Waals surface area (Å²) < 4.78 is 5.39. The molecule has 0 aliphatic carbocycles. The minimum absolute atomic E-state index is 0.151. The van der Waals surface area contributed by atoms with Crippen LogP contribution in [0, 0.1) is 0 Å². The van der Waals surface area contributed by atoms with Crippen molar-refractivity contribution in [3.05, 3.63) is 84.4 Å². The van der Waals surface area contributed by atoms with Gasteiger partial charge in [0.15, 0.2) is 0 Å². The maximum atomic E-state index is 12.4. The van der Waals surface area contributed by atoms with Crippen molar-refractivity contribution in [2.45, 2.75) is 0 Å². The highest BCUT2D eigenvalue weighted by molar-refractivity contribution is 6.04. The van der Waals surface area contributed by atoms with E-state index in [1.54, 1.807) is 19.2 Å². The Bertz CT molecular complexity index is 848. The lowest BCUT2D eigenvalue weighted by Gasteiger charge is -2.21. The molecular formula is C21H20N2O2. The Morgan fingerprint density at radius 1 is 0.880 bits per heavy atom. The summed E-state index contributed by atoms with van der Waals surface area (Å²) in [6, 6.07) is 24.8. The molecule has 0 aromatic heterocycles. The van der Waals surface area contributed by atoms with Gasteiger partial charge >= 0.3 is 0 Å². The van der Waals surface area contributed by atoms with E-state index in [-0.39, 0.29) is 5.91 Å². The van der Waals surface area contributed by atoms with Gasteiger partial charge in [-0.2, -0.15) is 0 Å². The summed E-state index contributed by atoms with van der Waals surface area (Å²) in [6.07, 6.45) is 0. The van der Waals surface area contributed by atoms with E-state index in [4.69, 9.17) is 4.74 Å². The summed E-state index contributed by atoms with van der Waals surface area (Å²) in [5.74, 6) is 0.533. The lowest BCUT2D eigenvalue weighted by Crippen LogP contribution is -2.13. The van der Waals surface area contributed by atoms with Crippen LogP contribution in [0.15, 0.2) is 78.9 Å². The Kier molecular flexibility index (Phi) is 5.00. The number of anilines is 3. The lowest BCUT2D eigenvalue weighted by atomic mass is 10.2. The van der Waals surface area contributed by atoms with Gasteiger partial charge in [-0.05, 0) is 30.3 Å². The normalized spacial score (nSPS) is 10.2. The van der Waals surface area contributed by atoms with Crippen LogP contribution in [0.2, 0.25) is 0 Å². The van der Waals surface area contributed by atoms with Crippen molar-refractivity contribution in [3.8, 4) is 5.75 Å². The number of carbonyl (C=O) groups excluding carboxylic acids is 1. The zero-order valence-electron chi connectivity index (χ0n) is 14.3. The van der Waals surface area contributed by atoms with Crippen LogP contribution in [0.4, 0.5) is 17.1 Å². The van der Waals surface area contributed by atoms with Gasteiger partial charge in [0, 0.05) is 41.8 Å². The van der Waals surface area contributed by atoms with Crippen molar-refractivity contribution in [3.63, 3.8) is 0 Å². The first-order chi connectivity index (χ1) is 12.2. The molecule has 0 heterocycles. The van der Waals surface area contributed by atoms with Crippen molar-refractivity contribution in [1.29, 1.82) is 0 Å².